The van der Waals surface area contributed by atoms with Crippen molar-refractivity contribution in [2.45, 2.75) is 25.4 Å². The Hall–Kier alpha value is -3.20. The average molecular weight is 459 g/mol. The van der Waals surface area contributed by atoms with Gasteiger partial charge in [-0.05, 0) is 43.2 Å². The summed E-state index contributed by atoms with van der Waals surface area (Å²) in [6, 6.07) is 9.94. The van der Waals surface area contributed by atoms with Crippen LogP contribution < -0.4 is 4.74 Å². The molecule has 0 aromatic heterocycles. The largest absolute Gasteiger partial charge is 0.507 e. The molecule has 0 radical (unpaired) electrons. The molecule has 2 saturated heterocycles. The lowest BCUT2D eigenvalue weighted by Crippen LogP contribution is -2.40. The molecule has 2 unspecified atom stereocenters. The molecule has 1 N–H and O–H groups in total. The second-order valence-corrected chi connectivity index (χ2v) is 10.0. The van der Waals surface area contributed by atoms with E-state index in [4.69, 9.17) is 4.74 Å². The van der Waals surface area contributed by atoms with Crippen LogP contribution in [-0.4, -0.2) is 54.3 Å². The van der Waals surface area contributed by atoms with E-state index < -0.39 is 45.2 Å². The predicted octanol–water partition coefficient (Wildman–Crippen LogP) is 2.83. The van der Waals surface area contributed by atoms with Gasteiger partial charge in [0.15, 0.2) is 9.84 Å². The van der Waals surface area contributed by atoms with Crippen molar-refractivity contribution in [2.75, 3.05) is 18.1 Å². The van der Waals surface area contributed by atoms with E-state index in [9.17, 15) is 27.5 Å². The summed E-state index contributed by atoms with van der Waals surface area (Å²) in [7, 11) is -3.36. The molecule has 1 amide bonds. The van der Waals surface area contributed by atoms with Gasteiger partial charge in [0.25, 0.3) is 11.7 Å². The molecule has 2 aliphatic heterocycles. The first-order valence-electron chi connectivity index (χ1n) is 10.2. The number of halogens is 1. The van der Waals surface area contributed by atoms with Crippen LogP contribution in [0.4, 0.5) is 4.39 Å². The maximum Gasteiger partial charge on any atom is 0.295 e. The normalized spacial score (nSPS) is 24.1. The van der Waals surface area contributed by atoms with Crippen LogP contribution >= 0.6 is 0 Å². The summed E-state index contributed by atoms with van der Waals surface area (Å²) in [6.45, 7) is 2.20. The smallest absolute Gasteiger partial charge is 0.295 e. The fourth-order valence-corrected chi connectivity index (χ4v) is 5.99. The maximum atomic E-state index is 14.1. The number of rotatable bonds is 5. The third kappa shape index (κ3) is 4.00. The Kier molecular flexibility index (Phi) is 5.77. The van der Waals surface area contributed by atoms with E-state index in [1.807, 2.05) is 0 Å². The Morgan fingerprint density at radius 3 is 2.59 bits per heavy atom. The highest BCUT2D eigenvalue weighted by Crippen LogP contribution is 2.42. The highest BCUT2D eigenvalue weighted by atomic mass is 32.2. The maximum absolute atomic E-state index is 14.1. The molecule has 4 rings (SSSR count). The van der Waals surface area contributed by atoms with Gasteiger partial charge in [0, 0.05) is 11.6 Å². The zero-order valence-corrected chi connectivity index (χ0v) is 18.1. The Labute approximate surface area is 185 Å². The van der Waals surface area contributed by atoms with E-state index >= 15 is 0 Å². The zero-order chi connectivity index (χ0) is 23.0. The highest BCUT2D eigenvalue weighted by molar-refractivity contribution is 7.91. The Balaban J connectivity index is 1.88. The summed E-state index contributed by atoms with van der Waals surface area (Å²) in [5, 5.41) is 11.1. The SMILES string of the molecule is CCOc1cccc(/C(O)=C2\C(=O)C(=O)N(C3CCS(=O)(=O)C3)C2c2cccc(F)c2)c1. The standard InChI is InChI=1S/C23H22FNO6S/c1-2-31-18-8-4-6-15(12-18)21(26)19-20(14-5-3-7-16(24)11-14)25(23(28)22(19)27)17-9-10-32(29,30)13-17/h3-8,11-12,17,20,26H,2,9-10,13H2,1H3/b21-19+. The summed E-state index contributed by atoms with van der Waals surface area (Å²) in [4.78, 5) is 27.2. The molecule has 0 aliphatic carbocycles. The third-order valence-corrected chi connectivity index (χ3v) is 7.42. The van der Waals surface area contributed by atoms with Gasteiger partial charge in [-0.2, -0.15) is 0 Å². The number of benzene rings is 2. The predicted molar refractivity (Wildman–Crippen MR) is 115 cm³/mol. The number of carbonyl (C=O) groups excluding carboxylic acids is 2. The first-order chi connectivity index (χ1) is 15.2. The molecular weight excluding hydrogens is 437 g/mol. The quantitative estimate of drug-likeness (QED) is 0.419. The number of hydrogen-bond acceptors (Lipinski definition) is 6. The van der Waals surface area contributed by atoms with Crippen LogP contribution in [0.3, 0.4) is 0 Å². The number of carbonyl (C=O) groups is 2. The summed E-state index contributed by atoms with van der Waals surface area (Å²) < 4.78 is 43.6. The lowest BCUT2D eigenvalue weighted by Gasteiger charge is -2.30. The number of amides is 1. The minimum Gasteiger partial charge on any atom is -0.507 e. The van der Waals surface area contributed by atoms with Gasteiger partial charge in [0.1, 0.15) is 17.3 Å². The minimum absolute atomic E-state index is 0.104. The molecule has 168 valence electrons. The number of aliphatic hydroxyl groups excluding tert-OH is 1. The van der Waals surface area contributed by atoms with Crippen molar-refractivity contribution in [2.24, 2.45) is 0 Å². The third-order valence-electron chi connectivity index (χ3n) is 5.66. The van der Waals surface area contributed by atoms with Gasteiger partial charge in [0.05, 0.1) is 29.7 Å². The molecule has 9 heteroatoms. The van der Waals surface area contributed by atoms with Crippen LogP contribution in [0.15, 0.2) is 54.1 Å². The minimum atomic E-state index is -3.36. The van der Waals surface area contributed by atoms with Crippen molar-refractivity contribution < 1.29 is 32.2 Å². The second-order valence-electron chi connectivity index (χ2n) is 7.78. The first-order valence-corrected chi connectivity index (χ1v) is 12.0. The Morgan fingerprint density at radius 2 is 1.94 bits per heavy atom. The lowest BCUT2D eigenvalue weighted by atomic mass is 9.94. The van der Waals surface area contributed by atoms with Gasteiger partial charge in [0.2, 0.25) is 0 Å². The number of likely N-dealkylation sites (tertiary alicyclic amines) is 1. The van der Waals surface area contributed by atoms with Crippen LogP contribution in [-0.2, 0) is 19.4 Å². The first kappa shape index (κ1) is 22.0. The number of ketones is 1. The topological polar surface area (TPSA) is 101 Å². The van der Waals surface area contributed by atoms with E-state index in [-0.39, 0.29) is 34.6 Å². The molecule has 32 heavy (non-hydrogen) atoms. The molecule has 7 nitrogen and oxygen atoms in total. The van der Waals surface area contributed by atoms with Crippen molar-refractivity contribution in [3.05, 3.63) is 71.0 Å². The fraction of sp³-hybridized carbons (Fsp3) is 0.304. The van der Waals surface area contributed by atoms with Crippen LogP contribution in [0.5, 0.6) is 5.75 Å². The van der Waals surface area contributed by atoms with Gasteiger partial charge in [-0.1, -0.05) is 24.3 Å². The number of nitrogens with zero attached hydrogens (tertiary/aromatic N) is 1. The lowest BCUT2D eigenvalue weighted by molar-refractivity contribution is -0.141. The molecule has 2 atom stereocenters. The molecule has 0 spiro atoms. The van der Waals surface area contributed by atoms with Gasteiger partial charge in [-0.3, -0.25) is 9.59 Å². The summed E-state index contributed by atoms with van der Waals surface area (Å²) in [6.07, 6.45) is 0.168. The van der Waals surface area contributed by atoms with Crippen molar-refractivity contribution in [3.8, 4) is 5.75 Å². The summed E-state index contributed by atoms with van der Waals surface area (Å²) >= 11 is 0. The molecule has 2 aromatic rings. The van der Waals surface area contributed by atoms with Crippen LogP contribution in [0.2, 0.25) is 0 Å². The molecule has 2 fully saturated rings. The van der Waals surface area contributed by atoms with Gasteiger partial charge >= 0.3 is 0 Å². The van der Waals surface area contributed by atoms with Crippen molar-refractivity contribution in [1.29, 1.82) is 0 Å². The van der Waals surface area contributed by atoms with Crippen molar-refractivity contribution in [3.63, 3.8) is 0 Å². The van der Waals surface area contributed by atoms with Gasteiger partial charge in [-0.15, -0.1) is 0 Å². The molecule has 0 bridgehead atoms. The molecule has 2 heterocycles. The average Bonchev–Trinajstić information content (AvgIpc) is 3.24. The number of aliphatic hydroxyl groups is 1. The highest BCUT2D eigenvalue weighted by Gasteiger charge is 2.51. The van der Waals surface area contributed by atoms with Crippen molar-refractivity contribution in [1.82, 2.24) is 4.90 Å². The molecular formula is C23H22FNO6S. The zero-order valence-electron chi connectivity index (χ0n) is 17.3. The number of ether oxygens (including phenoxy) is 1. The summed E-state index contributed by atoms with van der Waals surface area (Å²) in [5.41, 5.74) is 0.323. The van der Waals surface area contributed by atoms with Crippen molar-refractivity contribution >= 4 is 27.3 Å². The van der Waals surface area contributed by atoms with E-state index in [2.05, 4.69) is 0 Å². The second kappa shape index (κ2) is 8.38. The van der Waals surface area contributed by atoms with E-state index in [0.717, 1.165) is 0 Å². The monoisotopic (exact) mass is 459 g/mol. The van der Waals surface area contributed by atoms with Crippen LogP contribution in [0.1, 0.15) is 30.5 Å². The summed E-state index contributed by atoms with van der Waals surface area (Å²) in [5.74, 6) is -2.78. The van der Waals surface area contributed by atoms with Gasteiger partial charge < -0.3 is 14.7 Å². The van der Waals surface area contributed by atoms with Gasteiger partial charge in [-0.25, -0.2) is 12.8 Å². The Morgan fingerprint density at radius 1 is 1.19 bits per heavy atom. The van der Waals surface area contributed by atoms with E-state index in [0.29, 0.717) is 12.4 Å². The molecule has 0 saturated carbocycles. The van der Waals surface area contributed by atoms with Crippen LogP contribution in [0.25, 0.3) is 5.76 Å². The molecule has 2 aromatic carbocycles. The number of hydrogen-bond donors (Lipinski definition) is 1. The Bertz CT molecular complexity index is 1220. The number of sulfone groups is 1. The van der Waals surface area contributed by atoms with E-state index in [1.54, 1.807) is 31.2 Å². The van der Waals surface area contributed by atoms with Crippen LogP contribution in [0, 0.1) is 5.82 Å². The molecule has 2 aliphatic rings. The van der Waals surface area contributed by atoms with E-state index in [1.165, 1.54) is 29.2 Å². The fourth-order valence-electron chi connectivity index (χ4n) is 4.28. The number of Topliss-reactive ketones (excluding diaryl/α,β-unsaturated/α-hetero) is 1.